The fourth-order valence-corrected chi connectivity index (χ4v) is 5.49. The topological polar surface area (TPSA) is 95.7 Å². The molecule has 3 aromatic rings. The molecule has 35 heavy (non-hydrogen) atoms. The number of benzene rings is 1. The van der Waals surface area contributed by atoms with Crippen LogP contribution in [0.2, 0.25) is 0 Å². The Kier molecular flexibility index (Phi) is 5.72. The number of hydrogen-bond donors (Lipinski definition) is 1. The van der Waals surface area contributed by atoms with Crippen LogP contribution in [0.25, 0.3) is 11.1 Å². The summed E-state index contributed by atoms with van der Waals surface area (Å²) in [6.45, 7) is -0.244. The largest absolute Gasteiger partial charge is 0.396 e. The van der Waals surface area contributed by atoms with Crippen molar-refractivity contribution in [3.8, 4) is 11.1 Å². The van der Waals surface area contributed by atoms with Gasteiger partial charge >= 0.3 is 0 Å². The fourth-order valence-electron chi connectivity index (χ4n) is 5.49. The maximum atomic E-state index is 14.5. The summed E-state index contributed by atoms with van der Waals surface area (Å²) < 4.78 is 16.0. The SMILES string of the molecule is CN(C)C(=O)[C@@H]1[C@@H](CO)[C@@H]2Cn3c(ccc(-c4ccccc4F)c3=O)[C@H]1N2C(=O)c1cccnc1. The molecule has 0 saturated carbocycles. The maximum absolute atomic E-state index is 14.5. The lowest BCUT2D eigenvalue weighted by molar-refractivity contribution is -0.135. The highest BCUT2D eigenvalue weighted by molar-refractivity contribution is 5.95. The standard InChI is InChI=1S/C26H25FN4O4/c1-29(2)26(35)22-18(14-32)21-13-30-20(23(22)31(21)24(33)15-6-5-11-28-12-15)10-9-17(25(30)34)16-7-3-4-8-19(16)27/h3-12,18,21-23,32H,13-14H2,1-2H3/t18-,21-,22+,23+/m0/s1. The molecule has 1 N–H and O–H groups in total. The van der Waals surface area contributed by atoms with Crippen molar-refractivity contribution in [1.29, 1.82) is 0 Å². The molecule has 1 aromatic carbocycles. The average molecular weight is 477 g/mol. The zero-order valence-corrected chi connectivity index (χ0v) is 19.3. The lowest BCUT2D eigenvalue weighted by Crippen LogP contribution is -2.49. The van der Waals surface area contributed by atoms with Crippen LogP contribution >= 0.6 is 0 Å². The van der Waals surface area contributed by atoms with Crippen molar-refractivity contribution in [2.24, 2.45) is 11.8 Å². The van der Waals surface area contributed by atoms with Gasteiger partial charge in [0.05, 0.1) is 29.1 Å². The Morgan fingerprint density at radius 2 is 1.89 bits per heavy atom. The Bertz CT molecular complexity index is 1360. The summed E-state index contributed by atoms with van der Waals surface area (Å²) in [5.41, 5.74) is 0.837. The second kappa shape index (κ2) is 8.74. The van der Waals surface area contributed by atoms with E-state index in [2.05, 4.69) is 4.98 Å². The smallest absolute Gasteiger partial charge is 0.258 e. The number of aliphatic hydroxyl groups excluding tert-OH is 1. The predicted octanol–water partition coefficient (Wildman–Crippen LogP) is 1.94. The minimum Gasteiger partial charge on any atom is -0.396 e. The highest BCUT2D eigenvalue weighted by Crippen LogP contribution is 2.49. The van der Waals surface area contributed by atoms with Gasteiger partial charge in [-0.2, -0.15) is 0 Å². The third-order valence-electron chi connectivity index (χ3n) is 7.08. The van der Waals surface area contributed by atoms with Gasteiger partial charge in [0.15, 0.2) is 0 Å². The first-order valence-electron chi connectivity index (χ1n) is 11.4. The van der Waals surface area contributed by atoms with Crippen LogP contribution in [-0.2, 0) is 11.3 Å². The molecule has 8 nitrogen and oxygen atoms in total. The number of nitrogens with zero attached hydrogens (tertiary/aromatic N) is 4. The molecular formula is C26H25FN4O4. The number of fused-ring (bicyclic) bond motifs is 4. The lowest BCUT2D eigenvalue weighted by Gasteiger charge is -2.38. The number of pyridine rings is 2. The summed E-state index contributed by atoms with van der Waals surface area (Å²) >= 11 is 0. The first-order chi connectivity index (χ1) is 16.8. The van der Waals surface area contributed by atoms with Crippen LogP contribution in [-0.4, -0.2) is 63.0 Å². The van der Waals surface area contributed by atoms with E-state index in [-0.39, 0.29) is 36.1 Å². The third-order valence-corrected chi connectivity index (χ3v) is 7.08. The molecule has 180 valence electrons. The number of aliphatic hydroxyl groups is 1. The zero-order chi connectivity index (χ0) is 24.9. The van der Waals surface area contributed by atoms with Gasteiger partial charge in [-0.15, -0.1) is 0 Å². The van der Waals surface area contributed by atoms with Crippen molar-refractivity contribution < 1.29 is 19.1 Å². The highest BCUT2D eigenvalue weighted by atomic mass is 19.1. The van der Waals surface area contributed by atoms with Crippen molar-refractivity contribution in [2.45, 2.75) is 18.6 Å². The molecule has 5 rings (SSSR count). The van der Waals surface area contributed by atoms with Crippen LogP contribution in [0, 0.1) is 17.7 Å². The maximum Gasteiger partial charge on any atom is 0.258 e. The molecule has 2 amide bonds. The van der Waals surface area contributed by atoms with Gasteiger partial charge in [0.1, 0.15) is 5.82 Å². The summed E-state index contributed by atoms with van der Waals surface area (Å²) in [4.78, 5) is 47.6. The molecule has 0 spiro atoms. The first-order valence-corrected chi connectivity index (χ1v) is 11.4. The molecule has 2 aromatic heterocycles. The molecule has 9 heteroatoms. The van der Waals surface area contributed by atoms with Gasteiger partial charge in [0.25, 0.3) is 11.5 Å². The zero-order valence-electron chi connectivity index (χ0n) is 19.3. The number of rotatable bonds is 4. The average Bonchev–Trinajstić information content (AvgIpc) is 3.10. The molecule has 0 radical (unpaired) electrons. The first kappa shape index (κ1) is 22.9. The van der Waals surface area contributed by atoms with E-state index in [0.717, 1.165) is 0 Å². The number of aromatic nitrogens is 2. The number of halogens is 1. The molecule has 0 unspecified atom stereocenters. The van der Waals surface area contributed by atoms with Gasteiger partial charge in [0.2, 0.25) is 5.91 Å². The van der Waals surface area contributed by atoms with Crippen LogP contribution in [0.4, 0.5) is 4.39 Å². The van der Waals surface area contributed by atoms with Gasteiger partial charge in [-0.3, -0.25) is 19.4 Å². The molecular weight excluding hydrogens is 451 g/mol. The fraction of sp³-hybridized carbons (Fsp3) is 0.308. The minimum absolute atomic E-state index is 0.0847. The minimum atomic E-state index is -0.768. The summed E-state index contributed by atoms with van der Waals surface area (Å²) in [5, 5.41) is 10.3. The van der Waals surface area contributed by atoms with E-state index >= 15 is 0 Å². The summed E-state index contributed by atoms with van der Waals surface area (Å²) in [6.07, 6.45) is 3.02. The van der Waals surface area contributed by atoms with E-state index < -0.39 is 35.3 Å². The van der Waals surface area contributed by atoms with Crippen LogP contribution in [0.5, 0.6) is 0 Å². The molecule has 0 aliphatic carbocycles. The Morgan fingerprint density at radius 1 is 1.11 bits per heavy atom. The molecule has 1 fully saturated rings. The molecule has 4 heterocycles. The van der Waals surface area contributed by atoms with E-state index in [0.29, 0.717) is 11.3 Å². The predicted molar refractivity (Wildman–Crippen MR) is 126 cm³/mol. The van der Waals surface area contributed by atoms with Crippen molar-refractivity contribution >= 4 is 11.8 Å². The number of carbonyl (C=O) groups excluding carboxylic acids is 2. The lowest BCUT2D eigenvalue weighted by atomic mass is 9.86. The van der Waals surface area contributed by atoms with Crippen LogP contribution in [0.15, 0.2) is 65.7 Å². The second-order valence-electron chi connectivity index (χ2n) is 9.14. The Labute approximate surface area is 201 Å². The normalized spacial score (nSPS) is 22.6. The van der Waals surface area contributed by atoms with Gasteiger partial charge in [-0.25, -0.2) is 4.39 Å². The van der Waals surface area contributed by atoms with Gasteiger partial charge in [-0.05, 0) is 30.3 Å². The van der Waals surface area contributed by atoms with Crippen molar-refractivity contribution in [2.75, 3.05) is 20.7 Å². The second-order valence-corrected chi connectivity index (χ2v) is 9.14. The summed E-state index contributed by atoms with van der Waals surface area (Å²) in [5.74, 6) is -2.39. The highest BCUT2D eigenvalue weighted by Gasteiger charge is 2.57. The number of hydrogen-bond acceptors (Lipinski definition) is 5. The Hall–Kier alpha value is -3.85. The van der Waals surface area contributed by atoms with E-state index in [4.69, 9.17) is 0 Å². The van der Waals surface area contributed by atoms with E-state index in [9.17, 15) is 23.9 Å². The van der Waals surface area contributed by atoms with E-state index in [1.54, 1.807) is 67.7 Å². The van der Waals surface area contributed by atoms with Crippen LogP contribution in [0.1, 0.15) is 22.1 Å². The van der Waals surface area contributed by atoms with Crippen molar-refractivity contribution in [1.82, 2.24) is 19.4 Å². The van der Waals surface area contributed by atoms with E-state index in [1.165, 1.54) is 21.7 Å². The third kappa shape index (κ3) is 3.54. The molecule has 2 bridgehead atoms. The molecule has 2 aliphatic rings. The van der Waals surface area contributed by atoms with Crippen molar-refractivity contribution in [3.63, 3.8) is 0 Å². The Morgan fingerprint density at radius 3 is 2.54 bits per heavy atom. The summed E-state index contributed by atoms with van der Waals surface area (Å²) in [7, 11) is 3.25. The quantitative estimate of drug-likeness (QED) is 0.621. The number of amides is 2. The molecule has 4 atom stereocenters. The van der Waals surface area contributed by atoms with Crippen molar-refractivity contribution in [3.05, 3.63) is 88.4 Å². The Balaban J connectivity index is 1.69. The van der Waals surface area contributed by atoms with E-state index in [1.807, 2.05) is 0 Å². The monoisotopic (exact) mass is 476 g/mol. The molecule has 2 aliphatic heterocycles. The summed E-state index contributed by atoms with van der Waals surface area (Å²) in [6, 6.07) is 11.2. The van der Waals surface area contributed by atoms with Crippen LogP contribution in [0.3, 0.4) is 0 Å². The van der Waals surface area contributed by atoms with Crippen LogP contribution < -0.4 is 5.56 Å². The number of carbonyl (C=O) groups is 2. The van der Waals surface area contributed by atoms with Gasteiger partial charge in [-0.1, -0.05) is 18.2 Å². The molecule has 1 saturated heterocycles. The van der Waals surface area contributed by atoms with Gasteiger partial charge in [0, 0.05) is 56.8 Å². The van der Waals surface area contributed by atoms with Gasteiger partial charge < -0.3 is 19.5 Å².